The molecular weight excluding hydrogens is 560 g/mol. The van der Waals surface area contributed by atoms with Crippen molar-refractivity contribution >= 4 is 35.0 Å². The smallest absolute Gasteiger partial charge is 0.333 e. The molecule has 3 aliphatic heterocycles. The fraction of sp³-hybridized carbons (Fsp3) is 0.419. The summed E-state index contributed by atoms with van der Waals surface area (Å²) in [7, 11) is 5.51. The van der Waals surface area contributed by atoms with Gasteiger partial charge in [0.15, 0.2) is 23.1 Å². The van der Waals surface area contributed by atoms with Crippen LogP contribution in [0, 0.1) is 0 Å². The highest BCUT2D eigenvalue weighted by atomic mass is 16.5. The number of nitrogens with zero attached hydrogens (tertiary/aromatic N) is 2. The first-order valence-electron chi connectivity index (χ1n) is 13.6. The van der Waals surface area contributed by atoms with Gasteiger partial charge in [0, 0.05) is 51.8 Å². The summed E-state index contributed by atoms with van der Waals surface area (Å²) < 4.78 is 21.9. The molecule has 2 bridgehead atoms. The SMILES string of the molecule is CC=C(C)C(=O)OCC1C2=C(C=C3C4C5=C(C(=O)C(C)=C(OC)C5=O)C(OC)C(C(=O)N31)N4C)C(=O)C(C)=C(OC)C2=O. The van der Waals surface area contributed by atoms with Crippen molar-refractivity contribution in [2.45, 2.75) is 51.9 Å². The topological polar surface area (TPSA) is 146 Å². The zero-order chi connectivity index (χ0) is 31.7. The van der Waals surface area contributed by atoms with Crippen molar-refractivity contribution in [3.05, 3.63) is 68.4 Å². The van der Waals surface area contributed by atoms with Crippen LogP contribution in [0.5, 0.6) is 0 Å². The summed E-state index contributed by atoms with van der Waals surface area (Å²) >= 11 is 0. The third-order valence-electron chi connectivity index (χ3n) is 8.80. The molecule has 43 heavy (non-hydrogen) atoms. The van der Waals surface area contributed by atoms with Crippen LogP contribution < -0.4 is 0 Å². The van der Waals surface area contributed by atoms with Gasteiger partial charge in [0.1, 0.15) is 24.8 Å². The number of rotatable bonds is 6. The van der Waals surface area contributed by atoms with E-state index in [-0.39, 0.29) is 50.7 Å². The lowest BCUT2D eigenvalue weighted by Crippen LogP contribution is -2.70. The molecule has 5 aliphatic rings. The lowest BCUT2D eigenvalue weighted by Gasteiger charge is -2.55. The van der Waals surface area contributed by atoms with E-state index in [1.165, 1.54) is 46.2 Å². The van der Waals surface area contributed by atoms with Crippen LogP contribution in [-0.4, -0.2) is 104 Å². The van der Waals surface area contributed by atoms with Crippen molar-refractivity contribution in [3.63, 3.8) is 0 Å². The minimum atomic E-state index is -1.24. The number of carbonyl (C=O) groups excluding carboxylic acids is 6. The molecule has 4 atom stereocenters. The maximum atomic E-state index is 14.4. The number of allylic oxidation sites excluding steroid dienone is 7. The van der Waals surface area contributed by atoms with Crippen LogP contribution in [0.25, 0.3) is 0 Å². The van der Waals surface area contributed by atoms with Gasteiger partial charge in [-0.3, -0.25) is 28.9 Å². The van der Waals surface area contributed by atoms with Gasteiger partial charge < -0.3 is 23.8 Å². The van der Waals surface area contributed by atoms with Crippen molar-refractivity contribution in [2.75, 3.05) is 35.0 Å². The summed E-state index contributed by atoms with van der Waals surface area (Å²) in [6.07, 6.45) is 1.82. The Morgan fingerprint density at radius 2 is 1.47 bits per heavy atom. The monoisotopic (exact) mass is 592 g/mol. The van der Waals surface area contributed by atoms with Crippen molar-refractivity contribution in [1.82, 2.24) is 9.80 Å². The first-order valence-corrected chi connectivity index (χ1v) is 13.6. The van der Waals surface area contributed by atoms with E-state index in [9.17, 15) is 28.8 Å². The molecule has 0 aromatic heterocycles. The highest BCUT2D eigenvalue weighted by molar-refractivity contribution is 6.28. The average molecular weight is 593 g/mol. The molecule has 0 aromatic carbocycles. The minimum absolute atomic E-state index is 0.0118. The van der Waals surface area contributed by atoms with Gasteiger partial charge >= 0.3 is 5.97 Å². The van der Waals surface area contributed by atoms with Gasteiger partial charge in [-0.1, -0.05) is 6.08 Å². The van der Waals surface area contributed by atoms with E-state index >= 15 is 0 Å². The lowest BCUT2D eigenvalue weighted by atomic mass is 9.71. The van der Waals surface area contributed by atoms with Gasteiger partial charge in [0.05, 0.1) is 20.3 Å². The highest BCUT2D eigenvalue weighted by Crippen LogP contribution is 2.48. The number of likely N-dealkylation sites (N-methyl/N-ethyl adjacent to an activating group) is 1. The second-order valence-electron chi connectivity index (χ2n) is 10.8. The molecule has 0 spiro atoms. The molecule has 0 saturated carbocycles. The van der Waals surface area contributed by atoms with Crippen LogP contribution in [0.4, 0.5) is 0 Å². The molecule has 1 fully saturated rings. The molecule has 0 aromatic rings. The maximum Gasteiger partial charge on any atom is 0.333 e. The largest absolute Gasteiger partial charge is 0.492 e. The normalized spacial score (nSPS) is 27.8. The number of hydrogen-bond acceptors (Lipinski definition) is 11. The predicted octanol–water partition coefficient (Wildman–Crippen LogP) is 1.04. The second-order valence-corrected chi connectivity index (χ2v) is 10.8. The van der Waals surface area contributed by atoms with E-state index in [1.807, 2.05) is 0 Å². The Bertz CT molecular complexity index is 1620. The summed E-state index contributed by atoms with van der Waals surface area (Å²) in [5.74, 6) is -3.74. The summed E-state index contributed by atoms with van der Waals surface area (Å²) in [6.45, 7) is 5.68. The molecule has 1 amide bonds. The fourth-order valence-corrected chi connectivity index (χ4v) is 6.55. The summed E-state index contributed by atoms with van der Waals surface area (Å²) in [5, 5.41) is 0. The number of hydrogen-bond donors (Lipinski definition) is 0. The molecule has 2 aliphatic carbocycles. The Morgan fingerprint density at radius 1 is 0.884 bits per heavy atom. The maximum absolute atomic E-state index is 14.4. The molecule has 3 heterocycles. The second kappa shape index (κ2) is 10.7. The number of ketones is 4. The van der Waals surface area contributed by atoms with E-state index < -0.39 is 65.8 Å². The lowest BCUT2D eigenvalue weighted by molar-refractivity contribution is -0.153. The number of piperazine rings is 1. The Kier molecular flexibility index (Phi) is 7.47. The summed E-state index contributed by atoms with van der Waals surface area (Å²) in [4.78, 5) is 85.0. The van der Waals surface area contributed by atoms with Crippen molar-refractivity contribution in [1.29, 1.82) is 0 Å². The van der Waals surface area contributed by atoms with Gasteiger partial charge in [-0.25, -0.2) is 4.79 Å². The number of amides is 1. The molecule has 1 saturated heterocycles. The molecule has 4 unspecified atom stereocenters. The van der Waals surface area contributed by atoms with Gasteiger partial charge in [-0.2, -0.15) is 0 Å². The predicted molar refractivity (Wildman–Crippen MR) is 149 cm³/mol. The standard InChI is InChI=1S/C31H32N2O10/c1-9-12(2)31(39)43-11-17-18-15(23(34)13(3)27(40-6)25(18)36)10-16-21-19-20(24(35)14(4)28(41-7)26(19)37)29(42-8)22(32(21)5)30(38)33(16)17/h9-10,17,21-22,29H,11H2,1-8H3. The Hall–Kier alpha value is -4.42. The van der Waals surface area contributed by atoms with Crippen LogP contribution in [0.3, 0.4) is 0 Å². The third kappa shape index (κ3) is 4.04. The Morgan fingerprint density at radius 3 is 2.02 bits per heavy atom. The Labute approximate surface area is 247 Å². The summed E-state index contributed by atoms with van der Waals surface area (Å²) in [6, 6.07) is -3.33. The first kappa shape index (κ1) is 30.1. The van der Waals surface area contributed by atoms with Crippen molar-refractivity contribution in [3.8, 4) is 0 Å². The number of esters is 1. The van der Waals surface area contributed by atoms with Crippen LogP contribution in [-0.2, 0) is 47.7 Å². The molecule has 0 N–H and O–H groups in total. The van der Waals surface area contributed by atoms with Gasteiger partial charge in [-0.05, 0) is 40.8 Å². The third-order valence-corrected chi connectivity index (χ3v) is 8.80. The minimum Gasteiger partial charge on any atom is -0.492 e. The molecule has 0 radical (unpaired) electrons. The number of fused-ring (bicyclic) bond motifs is 5. The molecule has 12 heteroatoms. The van der Waals surface area contributed by atoms with Gasteiger partial charge in [-0.15, -0.1) is 0 Å². The Balaban J connectivity index is 1.77. The molecule has 12 nitrogen and oxygen atoms in total. The zero-order valence-corrected chi connectivity index (χ0v) is 25.1. The molecule has 5 rings (SSSR count). The average Bonchev–Trinajstić information content (AvgIpc) is 2.99. The van der Waals surface area contributed by atoms with Gasteiger partial charge in [0.2, 0.25) is 17.5 Å². The van der Waals surface area contributed by atoms with Crippen LogP contribution in [0.15, 0.2) is 68.4 Å². The zero-order valence-electron chi connectivity index (χ0n) is 25.1. The fourth-order valence-electron chi connectivity index (χ4n) is 6.55. The number of ether oxygens (including phenoxy) is 4. The number of Topliss-reactive ketones (excluding diaryl/α,β-unsaturated/α-hetero) is 4. The van der Waals surface area contributed by atoms with Gasteiger partial charge in [0.25, 0.3) is 0 Å². The highest BCUT2D eigenvalue weighted by Gasteiger charge is 2.60. The van der Waals surface area contributed by atoms with E-state index in [0.29, 0.717) is 5.57 Å². The van der Waals surface area contributed by atoms with E-state index in [1.54, 1.807) is 31.9 Å². The quantitative estimate of drug-likeness (QED) is 0.248. The summed E-state index contributed by atoms with van der Waals surface area (Å²) in [5.41, 5.74) is 0.651. The number of carbonyl (C=O) groups is 6. The van der Waals surface area contributed by atoms with Crippen molar-refractivity contribution in [2.24, 2.45) is 0 Å². The molecule has 226 valence electrons. The van der Waals surface area contributed by atoms with Crippen molar-refractivity contribution < 1.29 is 47.7 Å². The molecular formula is C31H32N2O10. The number of methoxy groups -OCH3 is 3. The van der Waals surface area contributed by atoms with E-state index in [2.05, 4.69) is 0 Å². The van der Waals surface area contributed by atoms with E-state index in [0.717, 1.165) is 0 Å². The van der Waals surface area contributed by atoms with Crippen LogP contribution in [0.2, 0.25) is 0 Å². The first-order chi connectivity index (χ1) is 20.4. The van der Waals surface area contributed by atoms with Crippen LogP contribution in [0.1, 0.15) is 27.7 Å². The van der Waals surface area contributed by atoms with E-state index in [4.69, 9.17) is 18.9 Å². The van der Waals surface area contributed by atoms with Crippen LogP contribution >= 0.6 is 0 Å².